The van der Waals surface area contributed by atoms with Gasteiger partial charge in [-0.05, 0) is 56.5 Å². The third-order valence-electron chi connectivity index (χ3n) is 4.94. The molecule has 2 heterocycles. The summed E-state index contributed by atoms with van der Waals surface area (Å²) in [6.07, 6.45) is 1.63. The molecule has 3 rings (SSSR count). The van der Waals surface area contributed by atoms with Crippen LogP contribution in [0.1, 0.15) is 41.5 Å². The molecular weight excluding hydrogens is 316 g/mol. The number of carbonyl (C=O) groups is 1. The number of benzene rings is 1. The first kappa shape index (κ1) is 17.4. The summed E-state index contributed by atoms with van der Waals surface area (Å²) < 4.78 is 5.18. The second kappa shape index (κ2) is 6.84. The number of rotatable bonds is 4. The number of aromatic nitrogens is 1. The average molecular weight is 340 g/mol. The Balaban J connectivity index is 1.87. The zero-order chi connectivity index (χ0) is 18.0. The number of aliphatic hydroxyl groups is 1. The summed E-state index contributed by atoms with van der Waals surface area (Å²) in [6.45, 7) is 4.27. The molecule has 0 unspecified atom stereocenters. The molecule has 0 aliphatic carbocycles. The second-order valence-corrected chi connectivity index (χ2v) is 6.70. The predicted octanol–water partition coefficient (Wildman–Crippen LogP) is 2.91. The number of nitrogens with zero attached hydrogens (tertiary/aromatic N) is 2. The summed E-state index contributed by atoms with van der Waals surface area (Å²) >= 11 is 0. The van der Waals surface area contributed by atoms with Crippen LogP contribution in [0.4, 0.5) is 0 Å². The Bertz CT molecular complexity index is 756. The van der Waals surface area contributed by atoms with Gasteiger partial charge in [0.05, 0.1) is 13.2 Å². The largest absolute Gasteiger partial charge is 0.497 e. The van der Waals surface area contributed by atoms with E-state index in [1.807, 2.05) is 43.3 Å². The lowest BCUT2D eigenvalue weighted by Gasteiger charge is -2.37. The number of ether oxygens (including phenoxy) is 1. The SMILES string of the molecule is COc1ccc([C@@](C)(O)[C@@H]2CCCN2C(=O)c2cccc(C)n2)cc1. The van der Waals surface area contributed by atoms with E-state index < -0.39 is 5.60 Å². The Morgan fingerprint density at radius 3 is 2.64 bits per heavy atom. The van der Waals surface area contributed by atoms with E-state index in [-0.39, 0.29) is 11.9 Å². The first-order chi connectivity index (χ1) is 11.9. The van der Waals surface area contributed by atoms with Crippen LogP contribution >= 0.6 is 0 Å². The number of likely N-dealkylation sites (tertiary alicyclic amines) is 1. The lowest BCUT2D eigenvalue weighted by molar-refractivity contribution is -0.0179. The maximum absolute atomic E-state index is 12.9. The van der Waals surface area contributed by atoms with Crippen molar-refractivity contribution < 1.29 is 14.6 Å². The van der Waals surface area contributed by atoms with Crippen molar-refractivity contribution in [1.29, 1.82) is 0 Å². The van der Waals surface area contributed by atoms with Crippen molar-refractivity contribution in [3.05, 3.63) is 59.4 Å². The minimum Gasteiger partial charge on any atom is -0.497 e. The van der Waals surface area contributed by atoms with Gasteiger partial charge in [0.25, 0.3) is 5.91 Å². The third-order valence-corrected chi connectivity index (χ3v) is 4.94. The van der Waals surface area contributed by atoms with Crippen molar-refractivity contribution in [1.82, 2.24) is 9.88 Å². The minimum absolute atomic E-state index is 0.125. The van der Waals surface area contributed by atoms with Crippen LogP contribution < -0.4 is 4.74 Å². The summed E-state index contributed by atoms with van der Waals surface area (Å²) in [6, 6.07) is 12.5. The number of pyridine rings is 1. The van der Waals surface area contributed by atoms with E-state index in [0.717, 1.165) is 29.8 Å². The molecule has 1 saturated heterocycles. The molecule has 132 valence electrons. The number of hydrogen-bond acceptors (Lipinski definition) is 4. The standard InChI is InChI=1S/C20H24N2O3/c1-14-6-4-7-17(21-14)19(23)22-13-5-8-18(22)20(2,24)15-9-11-16(25-3)12-10-15/h4,6-7,9-12,18,24H,5,8,13H2,1-3H3/t18-,20+/m0/s1. The second-order valence-electron chi connectivity index (χ2n) is 6.70. The zero-order valence-electron chi connectivity index (χ0n) is 14.9. The summed E-state index contributed by atoms with van der Waals surface area (Å²) in [5.74, 6) is 0.614. The molecule has 0 radical (unpaired) electrons. The van der Waals surface area contributed by atoms with Gasteiger partial charge in [0.15, 0.2) is 0 Å². The van der Waals surface area contributed by atoms with Gasteiger partial charge in [0.1, 0.15) is 17.0 Å². The molecule has 1 fully saturated rings. The van der Waals surface area contributed by atoms with Crippen molar-refractivity contribution in [3.63, 3.8) is 0 Å². The van der Waals surface area contributed by atoms with Gasteiger partial charge in [0.2, 0.25) is 0 Å². The van der Waals surface area contributed by atoms with Crippen LogP contribution in [0.5, 0.6) is 5.75 Å². The smallest absolute Gasteiger partial charge is 0.272 e. The van der Waals surface area contributed by atoms with E-state index in [9.17, 15) is 9.90 Å². The van der Waals surface area contributed by atoms with E-state index in [0.29, 0.717) is 12.2 Å². The zero-order valence-corrected chi connectivity index (χ0v) is 14.9. The molecule has 0 bridgehead atoms. The van der Waals surface area contributed by atoms with Gasteiger partial charge < -0.3 is 14.7 Å². The molecular formula is C20H24N2O3. The molecule has 1 N–H and O–H groups in total. The van der Waals surface area contributed by atoms with Crippen LogP contribution in [-0.4, -0.2) is 40.6 Å². The van der Waals surface area contributed by atoms with E-state index >= 15 is 0 Å². The molecule has 1 amide bonds. The van der Waals surface area contributed by atoms with Crippen LogP contribution in [0.15, 0.2) is 42.5 Å². The monoisotopic (exact) mass is 340 g/mol. The fourth-order valence-electron chi connectivity index (χ4n) is 3.52. The van der Waals surface area contributed by atoms with Crippen LogP contribution in [0.3, 0.4) is 0 Å². The molecule has 0 spiro atoms. The Labute approximate surface area is 148 Å². The van der Waals surface area contributed by atoms with Crippen LogP contribution in [0.25, 0.3) is 0 Å². The summed E-state index contributed by atoms with van der Waals surface area (Å²) in [5.41, 5.74) is 0.874. The van der Waals surface area contributed by atoms with Gasteiger partial charge in [-0.3, -0.25) is 4.79 Å². The van der Waals surface area contributed by atoms with Gasteiger partial charge in [0, 0.05) is 12.2 Å². The first-order valence-corrected chi connectivity index (χ1v) is 8.55. The Kier molecular flexibility index (Phi) is 4.77. The van der Waals surface area contributed by atoms with Crippen molar-refractivity contribution in [3.8, 4) is 5.75 Å². The average Bonchev–Trinajstić information content (AvgIpc) is 3.11. The lowest BCUT2D eigenvalue weighted by atomic mass is 9.86. The highest BCUT2D eigenvalue weighted by Gasteiger charge is 2.43. The number of methoxy groups -OCH3 is 1. The van der Waals surface area contributed by atoms with E-state index in [1.165, 1.54) is 0 Å². The fourth-order valence-corrected chi connectivity index (χ4v) is 3.52. The Hall–Kier alpha value is -2.40. The van der Waals surface area contributed by atoms with Crippen molar-refractivity contribution in [2.75, 3.05) is 13.7 Å². The Morgan fingerprint density at radius 1 is 1.28 bits per heavy atom. The fraction of sp³-hybridized carbons (Fsp3) is 0.400. The topological polar surface area (TPSA) is 62.7 Å². The van der Waals surface area contributed by atoms with Gasteiger partial charge in [-0.15, -0.1) is 0 Å². The highest BCUT2D eigenvalue weighted by atomic mass is 16.5. The summed E-state index contributed by atoms with van der Waals surface area (Å²) in [7, 11) is 1.61. The summed E-state index contributed by atoms with van der Waals surface area (Å²) in [5, 5.41) is 11.2. The van der Waals surface area contributed by atoms with Crippen LogP contribution in [0, 0.1) is 6.92 Å². The van der Waals surface area contributed by atoms with Gasteiger partial charge in [-0.2, -0.15) is 0 Å². The molecule has 2 atom stereocenters. The van der Waals surface area contributed by atoms with Crippen LogP contribution in [0.2, 0.25) is 0 Å². The van der Waals surface area contributed by atoms with E-state index in [1.54, 1.807) is 25.0 Å². The van der Waals surface area contributed by atoms with E-state index in [4.69, 9.17) is 4.74 Å². The third kappa shape index (κ3) is 3.37. The number of aryl methyl sites for hydroxylation is 1. The van der Waals surface area contributed by atoms with Gasteiger partial charge in [-0.1, -0.05) is 18.2 Å². The van der Waals surface area contributed by atoms with Gasteiger partial charge in [-0.25, -0.2) is 4.98 Å². The molecule has 5 nitrogen and oxygen atoms in total. The van der Waals surface area contributed by atoms with E-state index in [2.05, 4.69) is 4.98 Å². The van der Waals surface area contributed by atoms with Crippen molar-refractivity contribution in [2.45, 2.75) is 38.3 Å². The molecule has 1 aromatic carbocycles. The summed E-state index contributed by atoms with van der Waals surface area (Å²) in [4.78, 5) is 19.0. The maximum atomic E-state index is 12.9. The molecule has 5 heteroatoms. The molecule has 1 aliphatic heterocycles. The highest BCUT2D eigenvalue weighted by Crippen LogP contribution is 2.36. The number of carbonyl (C=O) groups excluding carboxylic acids is 1. The molecule has 1 aliphatic rings. The molecule has 2 aromatic rings. The normalized spacial score (nSPS) is 19.5. The number of hydrogen-bond donors (Lipinski definition) is 1. The molecule has 1 aromatic heterocycles. The first-order valence-electron chi connectivity index (χ1n) is 8.55. The Morgan fingerprint density at radius 2 is 2.00 bits per heavy atom. The van der Waals surface area contributed by atoms with Gasteiger partial charge >= 0.3 is 0 Å². The highest BCUT2D eigenvalue weighted by molar-refractivity contribution is 5.92. The van der Waals surface area contributed by atoms with Crippen molar-refractivity contribution in [2.24, 2.45) is 0 Å². The lowest BCUT2D eigenvalue weighted by Crippen LogP contribution is -2.48. The maximum Gasteiger partial charge on any atom is 0.272 e. The quantitative estimate of drug-likeness (QED) is 0.929. The van der Waals surface area contributed by atoms with Crippen LogP contribution in [-0.2, 0) is 5.60 Å². The number of amides is 1. The predicted molar refractivity (Wildman–Crippen MR) is 95.6 cm³/mol. The minimum atomic E-state index is -1.14. The molecule has 0 saturated carbocycles. The van der Waals surface area contributed by atoms with Crippen molar-refractivity contribution >= 4 is 5.91 Å². The molecule has 25 heavy (non-hydrogen) atoms.